The van der Waals surface area contributed by atoms with E-state index in [1.54, 1.807) is 30.2 Å². The summed E-state index contributed by atoms with van der Waals surface area (Å²) in [6.45, 7) is 5.82. The van der Waals surface area contributed by atoms with Gasteiger partial charge in [0.25, 0.3) is 5.91 Å². The average molecular weight is 476 g/mol. The zero-order valence-corrected chi connectivity index (χ0v) is 19.7. The fourth-order valence-electron chi connectivity index (χ4n) is 4.28. The summed E-state index contributed by atoms with van der Waals surface area (Å²) in [7, 11) is -3.76. The summed E-state index contributed by atoms with van der Waals surface area (Å²) in [4.78, 5) is 31.3. The highest BCUT2D eigenvalue weighted by molar-refractivity contribution is 7.89. The molecule has 9 nitrogen and oxygen atoms in total. The van der Waals surface area contributed by atoms with E-state index in [2.05, 4.69) is 4.98 Å². The number of aromatic nitrogens is 1. The third-order valence-electron chi connectivity index (χ3n) is 6.18. The second-order valence-corrected chi connectivity index (χ2v) is 10.4. The van der Waals surface area contributed by atoms with Crippen LogP contribution in [0, 0.1) is 12.8 Å². The molecule has 4 rings (SSSR count). The summed E-state index contributed by atoms with van der Waals surface area (Å²) in [6, 6.07) is 7.03. The molecule has 0 radical (unpaired) electrons. The van der Waals surface area contributed by atoms with E-state index in [9.17, 15) is 18.0 Å². The molecule has 2 aliphatic heterocycles. The van der Waals surface area contributed by atoms with Crippen molar-refractivity contribution in [1.82, 2.24) is 14.2 Å². The lowest BCUT2D eigenvalue weighted by molar-refractivity contribution is -0.164. The molecule has 178 valence electrons. The second kappa shape index (κ2) is 9.74. The number of para-hydroxylation sites is 1. The molecule has 1 aromatic heterocycles. The van der Waals surface area contributed by atoms with Crippen LogP contribution in [-0.4, -0.2) is 80.0 Å². The van der Waals surface area contributed by atoms with Gasteiger partial charge in [-0.1, -0.05) is 12.1 Å². The number of hydrogen-bond donors (Lipinski definition) is 0. The number of pyridine rings is 1. The Hall–Kier alpha value is -2.56. The van der Waals surface area contributed by atoms with Crippen molar-refractivity contribution in [3.8, 4) is 0 Å². The summed E-state index contributed by atoms with van der Waals surface area (Å²) < 4.78 is 38.7. The normalized spacial score (nSPS) is 19.4. The topological polar surface area (TPSA) is 106 Å². The maximum absolute atomic E-state index is 13.3. The van der Waals surface area contributed by atoms with Gasteiger partial charge in [0.15, 0.2) is 6.10 Å². The van der Waals surface area contributed by atoms with Crippen molar-refractivity contribution < 1.29 is 27.5 Å². The molecule has 2 aliphatic rings. The minimum absolute atomic E-state index is 0.172. The first-order valence-corrected chi connectivity index (χ1v) is 12.6. The Bertz CT molecular complexity index is 1140. The van der Waals surface area contributed by atoms with Crippen LogP contribution in [0.3, 0.4) is 0 Å². The summed E-state index contributed by atoms with van der Waals surface area (Å²) in [5, 5.41) is 0.772. The third-order valence-corrected chi connectivity index (χ3v) is 8.11. The van der Waals surface area contributed by atoms with Crippen LogP contribution >= 0.6 is 0 Å². The van der Waals surface area contributed by atoms with Crippen molar-refractivity contribution in [1.29, 1.82) is 0 Å². The van der Waals surface area contributed by atoms with Gasteiger partial charge in [-0.05, 0) is 44.4 Å². The van der Waals surface area contributed by atoms with Gasteiger partial charge in [-0.25, -0.2) is 8.42 Å². The number of nitrogens with zero attached hydrogens (tertiary/aromatic N) is 3. The van der Waals surface area contributed by atoms with Gasteiger partial charge in [-0.2, -0.15) is 4.31 Å². The molecule has 2 saturated heterocycles. The molecule has 2 aromatic rings. The molecule has 0 unspecified atom stereocenters. The Kier molecular flexibility index (Phi) is 6.96. The van der Waals surface area contributed by atoms with E-state index in [4.69, 9.17) is 9.47 Å². The van der Waals surface area contributed by atoms with Gasteiger partial charge in [0.2, 0.25) is 10.0 Å². The fourth-order valence-corrected chi connectivity index (χ4v) is 5.92. The summed E-state index contributed by atoms with van der Waals surface area (Å²) in [5.41, 5.74) is 1.40. The van der Waals surface area contributed by atoms with E-state index in [0.717, 1.165) is 10.9 Å². The molecule has 10 heteroatoms. The fraction of sp³-hybridized carbons (Fsp3) is 0.522. The highest BCUT2D eigenvalue weighted by atomic mass is 32.2. The molecular formula is C23H29N3O6S. The molecule has 0 aliphatic carbocycles. The van der Waals surface area contributed by atoms with Gasteiger partial charge < -0.3 is 14.4 Å². The van der Waals surface area contributed by atoms with Gasteiger partial charge in [0.1, 0.15) is 4.90 Å². The van der Waals surface area contributed by atoms with Gasteiger partial charge in [-0.15, -0.1) is 0 Å². The summed E-state index contributed by atoms with van der Waals surface area (Å²) in [6.07, 6.45) is 1.47. The van der Waals surface area contributed by atoms with Gasteiger partial charge in [-0.3, -0.25) is 14.6 Å². The molecule has 33 heavy (non-hydrogen) atoms. The Labute approximate surface area is 193 Å². The number of ether oxygens (including phenoxy) is 2. The van der Waals surface area contributed by atoms with Crippen LogP contribution < -0.4 is 0 Å². The average Bonchev–Trinajstić information content (AvgIpc) is 2.83. The van der Waals surface area contributed by atoms with E-state index in [1.807, 2.05) is 19.1 Å². The molecule has 1 atom stereocenters. The molecule has 0 bridgehead atoms. The summed E-state index contributed by atoms with van der Waals surface area (Å²) >= 11 is 0. The first-order chi connectivity index (χ1) is 15.8. The number of piperidine rings is 1. The number of fused-ring (bicyclic) bond motifs is 1. The SMILES string of the molecule is Cc1cnc2c(S(=O)(=O)N3CCC(C(=O)O[C@H](C)C(=O)N4CCOCC4)CC3)cccc2c1. The predicted molar refractivity (Wildman–Crippen MR) is 121 cm³/mol. The van der Waals surface area contributed by atoms with E-state index in [0.29, 0.717) is 44.7 Å². The number of amides is 1. The molecule has 0 saturated carbocycles. The van der Waals surface area contributed by atoms with Crippen molar-refractivity contribution in [2.45, 2.75) is 37.7 Å². The molecule has 0 N–H and O–H groups in total. The lowest BCUT2D eigenvalue weighted by Crippen LogP contribution is -2.47. The Morgan fingerprint density at radius 1 is 1.15 bits per heavy atom. The van der Waals surface area contributed by atoms with Crippen molar-refractivity contribution in [2.24, 2.45) is 5.92 Å². The summed E-state index contributed by atoms with van der Waals surface area (Å²) in [5.74, 6) is -1.13. The minimum atomic E-state index is -3.76. The van der Waals surface area contributed by atoms with Crippen LogP contribution in [0.5, 0.6) is 0 Å². The number of rotatable bonds is 5. The number of hydrogen-bond acceptors (Lipinski definition) is 7. The molecule has 2 fully saturated rings. The van der Waals surface area contributed by atoms with Crippen LogP contribution in [0.25, 0.3) is 10.9 Å². The number of aryl methyl sites for hydroxylation is 1. The van der Waals surface area contributed by atoms with Crippen LogP contribution in [0.2, 0.25) is 0 Å². The standard InChI is InChI=1S/C23H29N3O6S/c1-16-14-19-4-3-5-20(21(19)24-15-16)33(29,30)26-8-6-18(7-9-26)23(28)32-17(2)22(27)25-10-12-31-13-11-25/h3-5,14-15,17-18H,6-13H2,1-2H3/t17-/m1/s1. The van der Waals surface area contributed by atoms with Crippen LogP contribution in [0.4, 0.5) is 0 Å². The number of carbonyl (C=O) groups excluding carboxylic acids is 2. The van der Waals surface area contributed by atoms with Gasteiger partial charge >= 0.3 is 5.97 Å². The lowest BCUT2D eigenvalue weighted by Gasteiger charge is -2.32. The van der Waals surface area contributed by atoms with Crippen molar-refractivity contribution in [3.63, 3.8) is 0 Å². The van der Waals surface area contributed by atoms with Crippen LogP contribution in [0.1, 0.15) is 25.3 Å². The highest BCUT2D eigenvalue weighted by Crippen LogP contribution is 2.29. The van der Waals surface area contributed by atoms with E-state index < -0.39 is 28.0 Å². The Morgan fingerprint density at radius 3 is 2.55 bits per heavy atom. The van der Waals surface area contributed by atoms with Crippen molar-refractivity contribution >= 4 is 32.8 Å². The molecule has 0 spiro atoms. The number of esters is 1. The van der Waals surface area contributed by atoms with Gasteiger partial charge in [0, 0.05) is 37.8 Å². The number of benzene rings is 1. The van der Waals surface area contributed by atoms with Gasteiger partial charge in [0.05, 0.1) is 24.6 Å². The zero-order chi connectivity index (χ0) is 23.6. The van der Waals surface area contributed by atoms with E-state index >= 15 is 0 Å². The van der Waals surface area contributed by atoms with E-state index in [-0.39, 0.29) is 23.9 Å². The zero-order valence-electron chi connectivity index (χ0n) is 18.9. The maximum Gasteiger partial charge on any atom is 0.309 e. The smallest absolute Gasteiger partial charge is 0.309 e. The number of sulfonamides is 1. The molecule has 3 heterocycles. The van der Waals surface area contributed by atoms with Crippen molar-refractivity contribution in [3.05, 3.63) is 36.0 Å². The van der Waals surface area contributed by atoms with Crippen molar-refractivity contribution in [2.75, 3.05) is 39.4 Å². The third kappa shape index (κ3) is 5.02. The minimum Gasteiger partial charge on any atom is -0.452 e. The Morgan fingerprint density at radius 2 is 1.85 bits per heavy atom. The monoisotopic (exact) mass is 475 g/mol. The first-order valence-electron chi connectivity index (χ1n) is 11.2. The molecular weight excluding hydrogens is 446 g/mol. The first kappa shape index (κ1) is 23.6. The predicted octanol–water partition coefficient (Wildman–Crippen LogP) is 1.73. The maximum atomic E-state index is 13.3. The largest absolute Gasteiger partial charge is 0.452 e. The van der Waals surface area contributed by atoms with E-state index in [1.165, 1.54) is 4.31 Å². The molecule has 1 aromatic carbocycles. The van der Waals surface area contributed by atoms with Crippen LogP contribution in [0.15, 0.2) is 35.4 Å². The van der Waals surface area contributed by atoms with Crippen LogP contribution in [-0.2, 0) is 29.1 Å². The number of carbonyl (C=O) groups is 2. The molecule has 1 amide bonds. The Balaban J connectivity index is 1.38. The highest BCUT2D eigenvalue weighted by Gasteiger charge is 2.35. The number of morpholine rings is 1. The quantitative estimate of drug-likeness (QED) is 0.607. The second-order valence-electron chi connectivity index (χ2n) is 8.54. The lowest BCUT2D eigenvalue weighted by atomic mass is 9.98.